The second-order valence-electron chi connectivity index (χ2n) is 13.4. The number of rotatable bonds is 9. The highest BCUT2D eigenvalue weighted by molar-refractivity contribution is 6.27. The molecule has 7 rings (SSSR count). The van der Waals surface area contributed by atoms with Crippen molar-refractivity contribution < 1.29 is 23.9 Å². The van der Waals surface area contributed by atoms with E-state index in [2.05, 4.69) is 4.98 Å². The number of benzene rings is 2. The molecule has 0 bridgehead atoms. The van der Waals surface area contributed by atoms with E-state index in [1.807, 2.05) is 71.3 Å². The fourth-order valence-electron chi connectivity index (χ4n) is 7.68. The minimum Gasteiger partial charge on any atom is -0.464 e. The maximum Gasteiger partial charge on any atom is 0.410 e. The topological polar surface area (TPSA) is 116 Å². The summed E-state index contributed by atoms with van der Waals surface area (Å²) in [6.07, 6.45) is 9.53. The first kappa shape index (κ1) is 32.7. The number of carbonyl (C=O) groups is 3. The van der Waals surface area contributed by atoms with Gasteiger partial charge in [-0.25, -0.2) is 19.6 Å². The third-order valence-electron chi connectivity index (χ3n) is 10.3. The third-order valence-corrected chi connectivity index (χ3v) is 10.3. The number of amides is 1. The van der Waals surface area contributed by atoms with E-state index in [1.54, 1.807) is 18.0 Å². The van der Waals surface area contributed by atoms with Gasteiger partial charge in [0.1, 0.15) is 23.7 Å². The number of pyridine rings is 1. The number of Topliss-reactive ketones (excluding diaryl/α,β-unsaturated/α-hetero) is 1. The van der Waals surface area contributed by atoms with Gasteiger partial charge in [0.2, 0.25) is 0 Å². The van der Waals surface area contributed by atoms with E-state index in [9.17, 15) is 14.4 Å². The average molecular weight is 662 g/mol. The fourth-order valence-corrected chi connectivity index (χ4v) is 7.68. The standard InChI is InChI=1S/C39H43N5O5/c1-2-48-37(46)31(41-33-25-34(45)39(33)20-8-4-9-21-39)24-27-16-18-29(19-17-27)44-35-30(14-11-22-40-35)42-36(44)32-15-7-10-23-43(32)38(47)49-26-28-12-5-3-6-13-28/h3,5-6,11-14,16-19,22,31-32H,2,4,7-10,15,20-21,23-26H2,1H3/t31-,32-/m0/s1. The van der Waals surface area contributed by atoms with Crippen molar-refractivity contribution in [1.82, 2.24) is 19.4 Å². The lowest BCUT2D eigenvalue weighted by Crippen LogP contribution is -2.52. The van der Waals surface area contributed by atoms with E-state index >= 15 is 0 Å². The Kier molecular flexibility index (Phi) is 9.55. The SMILES string of the molecule is CCOC(=O)[C@H](Cc1ccc(-n2c([C@@H]3CCCCN3C(=O)OCc3ccccc3)nc3cccnc32)cc1)N=C1CC(=O)C12CCCCC2. The summed E-state index contributed by atoms with van der Waals surface area (Å²) < 4.78 is 13.2. The van der Waals surface area contributed by atoms with Gasteiger partial charge in [0.05, 0.1) is 18.1 Å². The van der Waals surface area contributed by atoms with Crippen LogP contribution >= 0.6 is 0 Å². The predicted octanol–water partition coefficient (Wildman–Crippen LogP) is 7.12. The zero-order valence-corrected chi connectivity index (χ0v) is 28.1. The second kappa shape index (κ2) is 14.3. The third kappa shape index (κ3) is 6.60. The van der Waals surface area contributed by atoms with Gasteiger partial charge in [-0.1, -0.05) is 61.7 Å². The summed E-state index contributed by atoms with van der Waals surface area (Å²) in [7, 11) is 0. The minimum atomic E-state index is -0.711. The first-order chi connectivity index (χ1) is 24.0. The predicted molar refractivity (Wildman–Crippen MR) is 185 cm³/mol. The maximum atomic E-state index is 13.5. The number of piperidine rings is 1. The quantitative estimate of drug-likeness (QED) is 0.175. The maximum absolute atomic E-state index is 13.5. The molecule has 1 saturated heterocycles. The summed E-state index contributed by atoms with van der Waals surface area (Å²) in [6, 6.07) is 20.5. The number of nitrogens with zero attached hydrogens (tertiary/aromatic N) is 5. The van der Waals surface area contributed by atoms with Gasteiger partial charge in [0.15, 0.2) is 11.7 Å². The van der Waals surface area contributed by atoms with Crippen molar-refractivity contribution in [2.24, 2.45) is 10.4 Å². The fraction of sp³-hybridized carbons (Fsp3) is 0.436. The van der Waals surface area contributed by atoms with Crippen LogP contribution in [-0.4, -0.2) is 62.2 Å². The lowest BCUT2D eigenvalue weighted by atomic mass is 9.58. The molecule has 0 N–H and O–H groups in total. The van der Waals surface area contributed by atoms with Gasteiger partial charge >= 0.3 is 12.1 Å². The van der Waals surface area contributed by atoms with Crippen LogP contribution in [0.3, 0.4) is 0 Å². The molecule has 2 atom stereocenters. The number of aliphatic imine (C=N–C) groups is 1. The van der Waals surface area contributed by atoms with Gasteiger partial charge in [-0.2, -0.15) is 0 Å². The Bertz CT molecular complexity index is 1840. The smallest absolute Gasteiger partial charge is 0.410 e. The Morgan fingerprint density at radius 1 is 0.939 bits per heavy atom. The molecule has 0 radical (unpaired) electrons. The Labute approximate surface area is 286 Å². The normalized spacial score (nSPS) is 20.3. The molecule has 10 nitrogen and oxygen atoms in total. The monoisotopic (exact) mass is 661 g/mol. The van der Waals surface area contributed by atoms with Crippen LogP contribution in [0.15, 0.2) is 77.9 Å². The van der Waals surface area contributed by atoms with Gasteiger partial charge in [0, 0.05) is 37.0 Å². The summed E-state index contributed by atoms with van der Waals surface area (Å²) in [5.41, 5.74) is 4.56. The van der Waals surface area contributed by atoms with Crippen LogP contribution in [0.5, 0.6) is 0 Å². The number of likely N-dealkylation sites (tertiary alicyclic amines) is 1. The minimum absolute atomic E-state index is 0.206. The first-order valence-electron chi connectivity index (χ1n) is 17.6. The number of carbonyl (C=O) groups excluding carboxylic acids is 3. The number of ether oxygens (including phenoxy) is 2. The molecule has 2 aliphatic carbocycles. The Balaban J connectivity index is 1.16. The molecule has 10 heteroatoms. The summed E-state index contributed by atoms with van der Waals surface area (Å²) in [5, 5.41) is 0. The van der Waals surface area contributed by atoms with Crippen LogP contribution in [0.4, 0.5) is 4.79 Å². The van der Waals surface area contributed by atoms with E-state index in [4.69, 9.17) is 19.5 Å². The van der Waals surface area contributed by atoms with Crippen LogP contribution in [-0.2, 0) is 32.1 Å². The average Bonchev–Trinajstić information content (AvgIpc) is 3.54. The van der Waals surface area contributed by atoms with E-state index in [1.165, 1.54) is 0 Å². The molecule has 1 spiro atoms. The zero-order chi connectivity index (χ0) is 33.8. The van der Waals surface area contributed by atoms with E-state index in [0.717, 1.165) is 85.2 Å². The second-order valence-corrected chi connectivity index (χ2v) is 13.4. The summed E-state index contributed by atoms with van der Waals surface area (Å²) in [6.45, 7) is 2.85. The Morgan fingerprint density at radius 3 is 2.49 bits per heavy atom. The largest absolute Gasteiger partial charge is 0.464 e. The van der Waals surface area contributed by atoms with Gasteiger partial charge in [-0.05, 0) is 74.4 Å². The highest BCUT2D eigenvalue weighted by Gasteiger charge is 2.52. The van der Waals surface area contributed by atoms with E-state index in [0.29, 0.717) is 25.0 Å². The molecule has 2 saturated carbocycles. The molecule has 254 valence electrons. The summed E-state index contributed by atoms with van der Waals surface area (Å²) in [4.78, 5) is 55.8. The number of hydrogen-bond acceptors (Lipinski definition) is 8. The zero-order valence-electron chi connectivity index (χ0n) is 28.1. The van der Waals surface area contributed by atoms with Crippen molar-refractivity contribution in [3.8, 4) is 5.69 Å². The van der Waals surface area contributed by atoms with Crippen LogP contribution < -0.4 is 0 Å². The number of imidazole rings is 1. The molecule has 3 aliphatic rings. The molecule has 0 unspecified atom stereocenters. The Morgan fingerprint density at radius 2 is 1.73 bits per heavy atom. The first-order valence-corrected chi connectivity index (χ1v) is 17.6. The highest BCUT2D eigenvalue weighted by Crippen LogP contribution is 2.47. The van der Waals surface area contributed by atoms with Crippen LogP contribution in [0.1, 0.15) is 87.7 Å². The van der Waals surface area contributed by atoms with Gasteiger partial charge < -0.3 is 9.47 Å². The van der Waals surface area contributed by atoms with Gasteiger partial charge in [-0.15, -0.1) is 0 Å². The molecule has 49 heavy (non-hydrogen) atoms. The molecule has 2 aromatic carbocycles. The lowest BCUT2D eigenvalue weighted by Gasteiger charge is -2.44. The molecular weight excluding hydrogens is 618 g/mol. The molecule has 2 aromatic heterocycles. The van der Waals surface area contributed by atoms with E-state index in [-0.39, 0.29) is 37.1 Å². The molecule has 3 heterocycles. The van der Waals surface area contributed by atoms with Crippen LogP contribution in [0.2, 0.25) is 0 Å². The van der Waals surface area contributed by atoms with Crippen molar-refractivity contribution >= 4 is 34.7 Å². The van der Waals surface area contributed by atoms with Gasteiger partial charge in [-0.3, -0.25) is 19.3 Å². The number of aromatic nitrogens is 3. The van der Waals surface area contributed by atoms with Crippen molar-refractivity contribution in [3.63, 3.8) is 0 Å². The molecular formula is C39H43N5O5. The number of esters is 1. The lowest BCUT2D eigenvalue weighted by molar-refractivity contribution is -0.144. The van der Waals surface area contributed by atoms with Crippen LogP contribution in [0.25, 0.3) is 16.9 Å². The number of fused-ring (bicyclic) bond motifs is 1. The molecule has 4 aromatic rings. The summed E-state index contributed by atoms with van der Waals surface area (Å²) in [5.74, 6) is 0.630. The number of ketones is 1. The van der Waals surface area contributed by atoms with Crippen molar-refractivity contribution in [1.29, 1.82) is 0 Å². The van der Waals surface area contributed by atoms with E-state index < -0.39 is 11.5 Å². The summed E-state index contributed by atoms with van der Waals surface area (Å²) >= 11 is 0. The highest BCUT2D eigenvalue weighted by atomic mass is 16.6. The Hall–Kier alpha value is -4.86. The van der Waals surface area contributed by atoms with Crippen molar-refractivity contribution in [3.05, 3.63) is 89.9 Å². The van der Waals surface area contributed by atoms with Crippen molar-refractivity contribution in [2.45, 2.75) is 89.8 Å². The van der Waals surface area contributed by atoms with Gasteiger partial charge in [0.25, 0.3) is 0 Å². The molecule has 3 fully saturated rings. The van der Waals surface area contributed by atoms with Crippen LogP contribution in [0, 0.1) is 5.41 Å². The molecule has 1 amide bonds. The van der Waals surface area contributed by atoms with Crippen molar-refractivity contribution in [2.75, 3.05) is 13.2 Å². The number of hydrogen-bond donors (Lipinski definition) is 0. The molecule has 1 aliphatic heterocycles.